The molecule has 2 aromatic rings. The molecule has 2 unspecified atom stereocenters. The lowest BCUT2D eigenvalue weighted by Gasteiger charge is -2.13. The van der Waals surface area contributed by atoms with Crippen molar-refractivity contribution in [1.29, 1.82) is 0 Å². The highest BCUT2D eigenvalue weighted by Crippen LogP contribution is 2.28. The first-order valence-corrected chi connectivity index (χ1v) is 8.19. The number of imidazole rings is 1. The van der Waals surface area contributed by atoms with Crippen LogP contribution < -0.4 is 0 Å². The Labute approximate surface area is 130 Å². The molecule has 2 aromatic heterocycles. The van der Waals surface area contributed by atoms with Crippen LogP contribution in [-0.4, -0.2) is 32.5 Å². The quantitative estimate of drug-likeness (QED) is 0.797. The third-order valence-corrected chi connectivity index (χ3v) is 4.49. The summed E-state index contributed by atoms with van der Waals surface area (Å²) >= 11 is 6.34. The molecule has 0 N–H and O–H groups in total. The molecule has 6 heteroatoms. The molecule has 1 fully saturated rings. The highest BCUT2D eigenvalue weighted by atomic mass is 35.5. The van der Waals surface area contributed by atoms with E-state index < -0.39 is 0 Å². The van der Waals surface area contributed by atoms with Gasteiger partial charge in [-0.25, -0.2) is 4.98 Å². The normalized spacial score (nSPS) is 20.5. The summed E-state index contributed by atoms with van der Waals surface area (Å²) < 4.78 is 9.66. The number of halogens is 1. The molecule has 0 aliphatic carbocycles. The number of rotatable bonds is 5. The monoisotopic (exact) mass is 310 g/mol. The highest BCUT2D eigenvalue weighted by Gasteiger charge is 2.22. The molecule has 5 nitrogen and oxygen atoms in total. The van der Waals surface area contributed by atoms with Gasteiger partial charge in [-0.1, -0.05) is 6.92 Å². The first kappa shape index (κ1) is 14.9. The molecule has 0 spiro atoms. The van der Waals surface area contributed by atoms with Crippen molar-refractivity contribution < 1.29 is 4.74 Å². The van der Waals surface area contributed by atoms with Gasteiger partial charge in [0.05, 0.1) is 11.1 Å². The van der Waals surface area contributed by atoms with Crippen LogP contribution in [0.2, 0.25) is 0 Å². The zero-order valence-electron chi connectivity index (χ0n) is 13.0. The van der Waals surface area contributed by atoms with Crippen molar-refractivity contribution >= 4 is 22.8 Å². The Bertz CT molecular complexity index is 625. The van der Waals surface area contributed by atoms with Crippen molar-refractivity contribution in [3.63, 3.8) is 0 Å². The molecule has 3 rings (SSSR count). The molecule has 116 valence electrons. The number of hydrogen-bond acceptors (Lipinski definition) is 3. The van der Waals surface area contributed by atoms with Crippen LogP contribution in [0.1, 0.15) is 43.6 Å². The maximum atomic E-state index is 6.34. The van der Waals surface area contributed by atoms with E-state index >= 15 is 0 Å². The van der Waals surface area contributed by atoms with Crippen molar-refractivity contribution in [2.75, 3.05) is 13.2 Å². The average Bonchev–Trinajstić information content (AvgIpc) is 3.13. The van der Waals surface area contributed by atoms with Gasteiger partial charge in [-0.2, -0.15) is 5.10 Å². The predicted octanol–water partition coefficient (Wildman–Crippen LogP) is 3.06. The third kappa shape index (κ3) is 2.69. The van der Waals surface area contributed by atoms with Gasteiger partial charge in [0.1, 0.15) is 11.3 Å². The second-order valence-corrected chi connectivity index (χ2v) is 6.51. The van der Waals surface area contributed by atoms with Crippen LogP contribution in [0.25, 0.3) is 11.2 Å². The van der Waals surface area contributed by atoms with E-state index in [4.69, 9.17) is 21.3 Å². The van der Waals surface area contributed by atoms with E-state index in [0.717, 1.165) is 61.7 Å². The first-order chi connectivity index (χ1) is 10.1. The Balaban J connectivity index is 1.96. The first-order valence-electron chi connectivity index (χ1n) is 7.75. The summed E-state index contributed by atoms with van der Waals surface area (Å²) in [5.41, 5.74) is 3.15. The van der Waals surface area contributed by atoms with Crippen molar-refractivity contribution in [3.05, 3.63) is 11.5 Å². The van der Waals surface area contributed by atoms with Crippen LogP contribution in [0, 0.1) is 5.92 Å². The Hall–Kier alpha value is -1.07. The van der Waals surface area contributed by atoms with Gasteiger partial charge in [0.15, 0.2) is 5.65 Å². The van der Waals surface area contributed by atoms with Gasteiger partial charge in [-0.15, -0.1) is 11.6 Å². The number of aromatic nitrogens is 4. The second kappa shape index (κ2) is 5.97. The summed E-state index contributed by atoms with van der Waals surface area (Å²) in [6, 6.07) is 0. The van der Waals surface area contributed by atoms with Crippen molar-refractivity contribution in [3.8, 4) is 0 Å². The molecule has 3 heterocycles. The number of ether oxygens (including phenoxy) is 1. The Morgan fingerprint density at radius 3 is 2.90 bits per heavy atom. The molecule has 0 amide bonds. The van der Waals surface area contributed by atoms with Gasteiger partial charge in [-0.05, 0) is 32.1 Å². The second-order valence-electron chi connectivity index (χ2n) is 5.85. The largest absolute Gasteiger partial charge is 0.381 e. The smallest absolute Gasteiger partial charge is 0.158 e. The molecule has 1 saturated heterocycles. The van der Waals surface area contributed by atoms with E-state index in [9.17, 15) is 0 Å². The van der Waals surface area contributed by atoms with Crippen LogP contribution in [-0.2, 0) is 24.8 Å². The van der Waals surface area contributed by atoms with Crippen LogP contribution in [0.5, 0.6) is 0 Å². The number of alkyl halides is 1. The molecule has 2 atom stereocenters. The number of nitrogens with zero attached hydrogens (tertiary/aromatic N) is 4. The minimum Gasteiger partial charge on any atom is -0.381 e. The van der Waals surface area contributed by atoms with Gasteiger partial charge in [0, 0.05) is 26.8 Å². The molecule has 0 bridgehead atoms. The summed E-state index contributed by atoms with van der Waals surface area (Å²) in [5, 5.41) is 4.48. The predicted molar refractivity (Wildman–Crippen MR) is 83.7 cm³/mol. The van der Waals surface area contributed by atoms with Crippen LogP contribution in [0.4, 0.5) is 0 Å². The van der Waals surface area contributed by atoms with E-state index in [0.29, 0.717) is 5.92 Å². The van der Waals surface area contributed by atoms with Crippen LogP contribution >= 0.6 is 11.6 Å². The minimum absolute atomic E-state index is 0.0954. The molecule has 0 radical (unpaired) electrons. The van der Waals surface area contributed by atoms with Gasteiger partial charge in [0.2, 0.25) is 0 Å². The topological polar surface area (TPSA) is 44.9 Å². The zero-order valence-corrected chi connectivity index (χ0v) is 13.7. The van der Waals surface area contributed by atoms with Gasteiger partial charge < -0.3 is 9.30 Å². The fourth-order valence-electron chi connectivity index (χ4n) is 3.14. The maximum absolute atomic E-state index is 6.34. The average molecular weight is 311 g/mol. The summed E-state index contributed by atoms with van der Waals surface area (Å²) in [6.45, 7) is 6.81. The van der Waals surface area contributed by atoms with E-state index in [1.165, 1.54) is 0 Å². The van der Waals surface area contributed by atoms with E-state index in [1.807, 2.05) is 18.7 Å². The SMILES string of the molecule is CCc1nn(C)c2c1nc(C(C)Cl)n2CCC1CCOC1. The Morgan fingerprint density at radius 2 is 2.29 bits per heavy atom. The number of hydrogen-bond donors (Lipinski definition) is 0. The Kier molecular flexibility index (Phi) is 4.22. The summed E-state index contributed by atoms with van der Waals surface area (Å²) in [4.78, 5) is 4.77. The van der Waals surface area contributed by atoms with Crippen molar-refractivity contribution in [2.24, 2.45) is 13.0 Å². The molecular formula is C15H23ClN4O. The van der Waals surface area contributed by atoms with Gasteiger partial charge >= 0.3 is 0 Å². The summed E-state index contributed by atoms with van der Waals surface area (Å²) in [7, 11) is 1.99. The fourth-order valence-corrected chi connectivity index (χ4v) is 3.31. The van der Waals surface area contributed by atoms with E-state index in [-0.39, 0.29) is 5.38 Å². The highest BCUT2D eigenvalue weighted by molar-refractivity contribution is 6.20. The number of aryl methyl sites for hydroxylation is 3. The Morgan fingerprint density at radius 1 is 1.48 bits per heavy atom. The zero-order chi connectivity index (χ0) is 15.0. The lowest BCUT2D eigenvalue weighted by Crippen LogP contribution is -2.11. The molecule has 21 heavy (non-hydrogen) atoms. The van der Waals surface area contributed by atoms with Crippen LogP contribution in [0.15, 0.2) is 0 Å². The molecule has 1 aliphatic rings. The van der Waals surface area contributed by atoms with Crippen LogP contribution in [0.3, 0.4) is 0 Å². The standard InChI is InChI=1S/C15H23ClN4O/c1-4-12-13-15(19(3)18-12)20(14(17-13)10(2)16)7-5-11-6-8-21-9-11/h10-11H,4-9H2,1-3H3. The molecule has 0 aromatic carbocycles. The number of fused-ring (bicyclic) bond motifs is 1. The minimum atomic E-state index is -0.0954. The molecule has 1 aliphatic heterocycles. The lowest BCUT2D eigenvalue weighted by atomic mass is 10.1. The van der Waals surface area contributed by atoms with Gasteiger partial charge in [0.25, 0.3) is 0 Å². The van der Waals surface area contributed by atoms with Crippen molar-refractivity contribution in [1.82, 2.24) is 19.3 Å². The van der Waals surface area contributed by atoms with Crippen molar-refractivity contribution in [2.45, 2.75) is 45.0 Å². The molecular weight excluding hydrogens is 288 g/mol. The maximum Gasteiger partial charge on any atom is 0.158 e. The summed E-state index contributed by atoms with van der Waals surface area (Å²) in [6.07, 6.45) is 3.16. The summed E-state index contributed by atoms with van der Waals surface area (Å²) in [5.74, 6) is 1.60. The third-order valence-electron chi connectivity index (χ3n) is 4.30. The molecule has 0 saturated carbocycles. The lowest BCUT2D eigenvalue weighted by molar-refractivity contribution is 0.183. The van der Waals surface area contributed by atoms with E-state index in [2.05, 4.69) is 16.6 Å². The fraction of sp³-hybridized carbons (Fsp3) is 0.733. The van der Waals surface area contributed by atoms with Gasteiger partial charge in [-0.3, -0.25) is 4.68 Å². The van der Waals surface area contributed by atoms with E-state index in [1.54, 1.807) is 0 Å².